The molecule has 2 aromatic carbocycles. The third kappa shape index (κ3) is 2.84. The molecule has 0 fully saturated rings. The molecule has 0 saturated heterocycles. The van der Waals surface area contributed by atoms with Crippen molar-refractivity contribution in [1.29, 1.82) is 0 Å². The Morgan fingerprint density at radius 2 is 1.75 bits per heavy atom. The number of alkyl halides is 3. The smallest absolute Gasteiger partial charge is 0.400 e. The highest BCUT2D eigenvalue weighted by atomic mass is 19.4. The first-order valence-corrected chi connectivity index (χ1v) is 7.01. The number of amides is 1. The maximum absolute atomic E-state index is 13.3. The van der Waals surface area contributed by atoms with Crippen LogP contribution in [0.4, 0.5) is 23.2 Å². The number of carbonyl (C=O) groups excluding carboxylic acids is 1. The molecule has 24 heavy (non-hydrogen) atoms. The summed E-state index contributed by atoms with van der Waals surface area (Å²) in [6.45, 7) is -0.00609. The molecule has 3 nitrogen and oxygen atoms in total. The average molecular weight is 336 g/mol. The van der Waals surface area contributed by atoms with Crippen LogP contribution >= 0.6 is 0 Å². The molecule has 0 unspecified atom stereocenters. The van der Waals surface area contributed by atoms with Crippen LogP contribution in [0.3, 0.4) is 0 Å². The monoisotopic (exact) mass is 336 g/mol. The second kappa shape index (κ2) is 5.67. The van der Waals surface area contributed by atoms with Gasteiger partial charge in [0.25, 0.3) is 5.91 Å². The summed E-state index contributed by atoms with van der Waals surface area (Å²) in [7, 11) is 0. The lowest BCUT2D eigenvalue weighted by atomic mass is 10.0. The fraction of sp³-hybridized carbons (Fsp3) is 0.118. The molecule has 0 radical (unpaired) electrons. The molecule has 1 aliphatic rings. The summed E-state index contributed by atoms with van der Waals surface area (Å²) in [4.78, 5) is 13.8. The number of halogens is 4. The maximum Gasteiger partial charge on any atom is 0.416 e. The van der Waals surface area contributed by atoms with E-state index in [4.69, 9.17) is 5.73 Å². The van der Waals surface area contributed by atoms with Crippen molar-refractivity contribution in [3.05, 3.63) is 71.2 Å². The molecule has 0 spiro atoms. The Hall–Kier alpha value is -2.83. The minimum Gasteiger partial charge on any atom is -0.400 e. The van der Waals surface area contributed by atoms with E-state index >= 15 is 0 Å². The summed E-state index contributed by atoms with van der Waals surface area (Å²) in [6.07, 6.45) is -4.52. The van der Waals surface area contributed by atoms with E-state index in [2.05, 4.69) is 0 Å². The maximum atomic E-state index is 13.3. The van der Waals surface area contributed by atoms with Gasteiger partial charge in [0.1, 0.15) is 5.82 Å². The van der Waals surface area contributed by atoms with E-state index in [1.165, 1.54) is 41.3 Å². The Kier molecular flexibility index (Phi) is 3.79. The highest BCUT2D eigenvalue weighted by Gasteiger charge is 2.34. The first kappa shape index (κ1) is 16.0. The molecule has 1 aliphatic heterocycles. The molecular weight excluding hydrogens is 324 g/mol. The number of nitrogens with zero attached hydrogens (tertiary/aromatic N) is 1. The zero-order valence-electron chi connectivity index (χ0n) is 12.3. The number of hydrogen-bond acceptors (Lipinski definition) is 2. The first-order chi connectivity index (χ1) is 11.3. The Balaban J connectivity index is 1.98. The van der Waals surface area contributed by atoms with Crippen molar-refractivity contribution < 1.29 is 22.4 Å². The van der Waals surface area contributed by atoms with Crippen molar-refractivity contribution in [2.75, 3.05) is 11.4 Å². The molecule has 1 amide bonds. The number of rotatable bonds is 2. The van der Waals surface area contributed by atoms with Crippen LogP contribution in [-0.2, 0) is 11.0 Å². The predicted molar refractivity (Wildman–Crippen MR) is 81.3 cm³/mol. The number of anilines is 1. The van der Waals surface area contributed by atoms with Crippen molar-refractivity contribution in [3.8, 4) is 0 Å². The quantitative estimate of drug-likeness (QED) is 0.853. The molecule has 1 heterocycles. The number of benzene rings is 2. The van der Waals surface area contributed by atoms with Gasteiger partial charge < -0.3 is 10.6 Å². The second-order valence-electron chi connectivity index (χ2n) is 5.35. The molecular formula is C17H12F4N2O. The summed E-state index contributed by atoms with van der Waals surface area (Å²) in [5.41, 5.74) is 5.54. The lowest BCUT2D eigenvalue weighted by Crippen LogP contribution is -2.27. The summed E-state index contributed by atoms with van der Waals surface area (Å²) in [5.74, 6) is -1.08. The first-order valence-electron chi connectivity index (χ1n) is 7.01. The Bertz CT molecular complexity index is 842. The van der Waals surface area contributed by atoms with Gasteiger partial charge in [-0.15, -0.1) is 0 Å². The molecule has 7 heteroatoms. The van der Waals surface area contributed by atoms with Gasteiger partial charge >= 0.3 is 6.18 Å². The van der Waals surface area contributed by atoms with E-state index < -0.39 is 23.5 Å². The van der Waals surface area contributed by atoms with E-state index in [0.717, 1.165) is 12.1 Å². The molecule has 3 rings (SSSR count). The van der Waals surface area contributed by atoms with Gasteiger partial charge in [-0.3, -0.25) is 4.79 Å². The third-order valence-electron chi connectivity index (χ3n) is 3.71. The fourth-order valence-electron chi connectivity index (χ4n) is 2.61. The molecule has 2 aromatic rings. The summed E-state index contributed by atoms with van der Waals surface area (Å²) in [6, 6.07) is 9.79. The molecule has 124 valence electrons. The normalized spacial score (nSPS) is 15.3. The van der Waals surface area contributed by atoms with Crippen LogP contribution in [0.15, 0.2) is 54.2 Å². The van der Waals surface area contributed by atoms with Crippen molar-refractivity contribution in [3.63, 3.8) is 0 Å². The van der Waals surface area contributed by atoms with Crippen LogP contribution in [0.25, 0.3) is 5.57 Å². The van der Waals surface area contributed by atoms with Gasteiger partial charge in [0, 0.05) is 11.4 Å². The topological polar surface area (TPSA) is 46.3 Å². The van der Waals surface area contributed by atoms with Crippen molar-refractivity contribution in [1.82, 2.24) is 0 Å². The number of carbonyl (C=O) groups is 1. The molecule has 0 aromatic heterocycles. The Labute approximate surface area is 135 Å². The van der Waals surface area contributed by atoms with Gasteiger partial charge in [0.15, 0.2) is 0 Å². The molecule has 0 saturated carbocycles. The van der Waals surface area contributed by atoms with Crippen molar-refractivity contribution in [2.24, 2.45) is 5.73 Å². The highest BCUT2D eigenvalue weighted by molar-refractivity contribution is 6.29. The van der Waals surface area contributed by atoms with Crippen LogP contribution < -0.4 is 10.6 Å². The van der Waals surface area contributed by atoms with Gasteiger partial charge in [-0.1, -0.05) is 18.2 Å². The largest absolute Gasteiger partial charge is 0.416 e. The van der Waals surface area contributed by atoms with E-state index in [-0.39, 0.29) is 23.4 Å². The van der Waals surface area contributed by atoms with Gasteiger partial charge in [0.2, 0.25) is 0 Å². The zero-order chi connectivity index (χ0) is 17.5. The minimum absolute atomic E-state index is 0.00496. The number of hydrogen-bond donors (Lipinski definition) is 1. The summed E-state index contributed by atoms with van der Waals surface area (Å²) >= 11 is 0. The van der Waals surface area contributed by atoms with Gasteiger partial charge in [-0.05, 0) is 35.9 Å². The third-order valence-corrected chi connectivity index (χ3v) is 3.71. The van der Waals surface area contributed by atoms with Gasteiger partial charge in [-0.25, -0.2) is 4.39 Å². The van der Waals surface area contributed by atoms with Crippen LogP contribution in [0.1, 0.15) is 11.1 Å². The van der Waals surface area contributed by atoms with Crippen LogP contribution in [0.2, 0.25) is 0 Å². The lowest BCUT2D eigenvalue weighted by molar-refractivity contribution is -0.137. The number of nitrogens with two attached hydrogens (primary N) is 1. The average Bonchev–Trinajstić information content (AvgIpc) is 2.81. The van der Waals surface area contributed by atoms with Crippen LogP contribution in [0, 0.1) is 5.82 Å². The second-order valence-corrected chi connectivity index (χ2v) is 5.35. The van der Waals surface area contributed by atoms with E-state index in [9.17, 15) is 22.4 Å². The lowest BCUT2D eigenvalue weighted by Gasteiger charge is -2.17. The molecule has 0 aliphatic carbocycles. The van der Waals surface area contributed by atoms with Gasteiger partial charge in [-0.2, -0.15) is 13.2 Å². The van der Waals surface area contributed by atoms with E-state index in [1.54, 1.807) is 0 Å². The van der Waals surface area contributed by atoms with Crippen LogP contribution in [0.5, 0.6) is 0 Å². The standard InChI is InChI=1S/C17H12F4N2O/c18-12-5-2-6-13(8-12)23-9-14(22)15(16(23)24)10-3-1-4-11(7-10)17(19,20)21/h1-8H,9,22H2. The zero-order valence-corrected chi connectivity index (χ0v) is 12.3. The van der Waals surface area contributed by atoms with Gasteiger partial charge in [0.05, 0.1) is 17.7 Å². The van der Waals surface area contributed by atoms with E-state index in [0.29, 0.717) is 5.69 Å². The fourth-order valence-corrected chi connectivity index (χ4v) is 2.61. The van der Waals surface area contributed by atoms with E-state index in [1.807, 2.05) is 0 Å². The molecule has 0 bridgehead atoms. The molecule has 0 atom stereocenters. The summed E-state index contributed by atoms with van der Waals surface area (Å²) < 4.78 is 51.9. The molecule has 2 N–H and O–H groups in total. The Morgan fingerprint density at radius 1 is 1.04 bits per heavy atom. The van der Waals surface area contributed by atoms with Crippen molar-refractivity contribution >= 4 is 17.2 Å². The minimum atomic E-state index is -4.52. The van der Waals surface area contributed by atoms with Crippen molar-refractivity contribution in [2.45, 2.75) is 6.18 Å². The summed E-state index contributed by atoms with van der Waals surface area (Å²) in [5, 5.41) is 0. The highest BCUT2D eigenvalue weighted by Crippen LogP contribution is 2.34. The predicted octanol–water partition coefficient (Wildman–Crippen LogP) is 3.56. The van der Waals surface area contributed by atoms with Crippen LogP contribution in [-0.4, -0.2) is 12.5 Å². The SMILES string of the molecule is NC1=C(c2cccc(C(F)(F)F)c2)C(=O)N(c2cccc(F)c2)C1. The Morgan fingerprint density at radius 3 is 2.42 bits per heavy atom.